The maximum absolute atomic E-state index is 10.7. The van der Waals surface area contributed by atoms with Crippen LogP contribution in [0.25, 0.3) is 0 Å². The van der Waals surface area contributed by atoms with Gasteiger partial charge in [-0.2, -0.15) is 0 Å². The Labute approximate surface area is 99.9 Å². The van der Waals surface area contributed by atoms with Crippen LogP contribution in [0.3, 0.4) is 0 Å². The fourth-order valence-corrected chi connectivity index (χ4v) is 1.52. The molecule has 0 aliphatic rings. The quantitative estimate of drug-likeness (QED) is 0.357. The molecule has 0 unspecified atom stereocenters. The Kier molecular flexibility index (Phi) is 3.54. The number of halogens is 3. The van der Waals surface area contributed by atoms with Crippen molar-refractivity contribution in [2.75, 3.05) is 0 Å². The molecule has 1 aromatic carbocycles. The number of rotatable bonds is 1. The Morgan fingerprint density at radius 2 is 1.53 bits per heavy atom. The molecule has 2 N–H and O–H groups in total. The molecule has 0 bridgehead atoms. The average Bonchev–Trinajstić information content (AvgIpc) is 2.18. The van der Waals surface area contributed by atoms with Crippen molar-refractivity contribution in [3.63, 3.8) is 0 Å². The molecule has 0 aromatic heterocycles. The first-order chi connectivity index (χ1) is 6.86. The Bertz CT molecular complexity index is 401. The van der Waals surface area contributed by atoms with Gasteiger partial charge in [-0.05, 0) is 0 Å². The minimum Gasteiger partial charge on any atom is -0.503 e. The van der Waals surface area contributed by atoms with Gasteiger partial charge in [0.05, 0.1) is 0 Å². The molecule has 0 aliphatic carbocycles. The molecule has 1 rings (SSSR count). The molecule has 0 radical (unpaired) electrons. The summed E-state index contributed by atoms with van der Waals surface area (Å²) in [6.07, 6.45) is 0. The zero-order valence-electron chi connectivity index (χ0n) is 7.34. The second-order valence-corrected chi connectivity index (χ2v) is 3.70. The van der Waals surface area contributed by atoms with E-state index in [9.17, 15) is 15.0 Å². The fourth-order valence-electron chi connectivity index (χ4n) is 0.849. The van der Waals surface area contributed by atoms with E-state index in [1.54, 1.807) is 0 Å². The van der Waals surface area contributed by atoms with Crippen molar-refractivity contribution in [1.82, 2.24) is 0 Å². The summed E-state index contributed by atoms with van der Waals surface area (Å²) in [5, 5.41) is 17.6. The van der Waals surface area contributed by atoms with Gasteiger partial charge in [-0.1, -0.05) is 34.8 Å². The van der Waals surface area contributed by atoms with Crippen LogP contribution in [0.15, 0.2) is 0 Å². The van der Waals surface area contributed by atoms with Crippen molar-refractivity contribution < 1.29 is 19.7 Å². The lowest BCUT2D eigenvalue weighted by Crippen LogP contribution is -2.02. The van der Waals surface area contributed by atoms with Gasteiger partial charge in [-0.25, -0.2) is 0 Å². The molecule has 0 aliphatic heterocycles. The summed E-state index contributed by atoms with van der Waals surface area (Å²) in [7, 11) is 0. The van der Waals surface area contributed by atoms with Crippen LogP contribution in [-0.4, -0.2) is 16.2 Å². The molecule has 0 spiro atoms. The van der Waals surface area contributed by atoms with Crippen LogP contribution in [0.2, 0.25) is 15.1 Å². The molecule has 0 amide bonds. The Morgan fingerprint density at radius 1 is 1.07 bits per heavy atom. The van der Waals surface area contributed by atoms with Crippen LogP contribution in [0, 0.1) is 0 Å². The predicted molar refractivity (Wildman–Crippen MR) is 56.1 cm³/mol. The lowest BCUT2D eigenvalue weighted by atomic mass is 10.3. The first-order valence-electron chi connectivity index (χ1n) is 3.63. The van der Waals surface area contributed by atoms with Gasteiger partial charge >= 0.3 is 5.97 Å². The van der Waals surface area contributed by atoms with Crippen LogP contribution in [0.1, 0.15) is 6.92 Å². The maximum Gasteiger partial charge on any atom is 0.308 e. The number of hydrogen-bond acceptors (Lipinski definition) is 4. The van der Waals surface area contributed by atoms with Crippen LogP contribution in [0.4, 0.5) is 0 Å². The number of phenolic OH excluding ortho intramolecular Hbond substituents is 2. The van der Waals surface area contributed by atoms with Crippen molar-refractivity contribution in [1.29, 1.82) is 0 Å². The van der Waals surface area contributed by atoms with Crippen LogP contribution in [0.5, 0.6) is 17.2 Å². The molecule has 7 heteroatoms. The van der Waals surface area contributed by atoms with Crippen molar-refractivity contribution >= 4 is 40.8 Å². The van der Waals surface area contributed by atoms with Crippen molar-refractivity contribution in [3.05, 3.63) is 15.1 Å². The minimum atomic E-state index is -0.692. The summed E-state index contributed by atoms with van der Waals surface area (Å²) in [5.41, 5.74) is 0. The van der Waals surface area contributed by atoms with Gasteiger partial charge in [0.2, 0.25) is 0 Å². The average molecular weight is 271 g/mol. The van der Waals surface area contributed by atoms with Crippen molar-refractivity contribution in [2.45, 2.75) is 6.92 Å². The molecule has 1 aromatic rings. The Morgan fingerprint density at radius 3 is 2.00 bits per heavy atom. The third-order valence-electron chi connectivity index (χ3n) is 1.48. The molecule has 82 valence electrons. The zero-order chi connectivity index (χ0) is 11.7. The van der Waals surface area contributed by atoms with Gasteiger partial charge in [-0.3, -0.25) is 4.79 Å². The van der Waals surface area contributed by atoms with Crippen molar-refractivity contribution in [3.8, 4) is 17.2 Å². The fraction of sp³-hybridized carbons (Fsp3) is 0.125. The third kappa shape index (κ3) is 2.22. The number of ether oxygens (including phenoxy) is 1. The number of hydrogen-bond donors (Lipinski definition) is 2. The molecule has 15 heavy (non-hydrogen) atoms. The number of carbonyl (C=O) groups is 1. The van der Waals surface area contributed by atoms with Crippen molar-refractivity contribution in [2.24, 2.45) is 0 Å². The third-order valence-corrected chi connectivity index (χ3v) is 2.65. The second kappa shape index (κ2) is 4.35. The van der Waals surface area contributed by atoms with E-state index in [1.165, 1.54) is 0 Å². The monoisotopic (exact) mass is 270 g/mol. The lowest BCUT2D eigenvalue weighted by Gasteiger charge is -2.10. The van der Waals surface area contributed by atoms with Crippen LogP contribution in [-0.2, 0) is 4.79 Å². The summed E-state index contributed by atoms with van der Waals surface area (Å²) in [6.45, 7) is 1.13. The molecular formula is C8H5Cl3O4. The van der Waals surface area contributed by atoms with E-state index in [4.69, 9.17) is 34.8 Å². The maximum atomic E-state index is 10.7. The summed E-state index contributed by atoms with van der Waals surface area (Å²) < 4.78 is 4.63. The van der Waals surface area contributed by atoms with E-state index >= 15 is 0 Å². The SMILES string of the molecule is CC(=O)Oc1c(Cl)c(O)c(O)c(Cl)c1Cl. The van der Waals surface area contributed by atoms with E-state index in [0.29, 0.717) is 0 Å². The topological polar surface area (TPSA) is 66.8 Å². The first-order valence-corrected chi connectivity index (χ1v) is 4.76. The first kappa shape index (κ1) is 12.2. The largest absolute Gasteiger partial charge is 0.503 e. The highest BCUT2D eigenvalue weighted by Crippen LogP contribution is 2.50. The van der Waals surface area contributed by atoms with E-state index in [2.05, 4.69) is 4.74 Å². The molecule has 0 saturated heterocycles. The summed E-state index contributed by atoms with van der Waals surface area (Å²) >= 11 is 16.8. The number of carbonyl (C=O) groups excluding carboxylic acids is 1. The summed E-state index contributed by atoms with van der Waals surface area (Å²) in [6, 6.07) is 0. The van der Waals surface area contributed by atoms with Gasteiger partial charge < -0.3 is 14.9 Å². The normalized spacial score (nSPS) is 10.1. The van der Waals surface area contributed by atoms with Gasteiger partial charge in [0.1, 0.15) is 15.1 Å². The molecule has 0 atom stereocenters. The predicted octanol–water partition coefficient (Wildman–Crippen LogP) is 2.98. The van der Waals surface area contributed by atoms with Crippen LogP contribution >= 0.6 is 34.8 Å². The highest BCUT2D eigenvalue weighted by molar-refractivity contribution is 6.46. The molecule has 0 heterocycles. The summed E-state index contributed by atoms with van der Waals surface area (Å²) in [4.78, 5) is 10.7. The lowest BCUT2D eigenvalue weighted by molar-refractivity contribution is -0.131. The number of benzene rings is 1. The smallest absolute Gasteiger partial charge is 0.308 e. The van der Waals surface area contributed by atoms with Crippen LogP contribution < -0.4 is 4.74 Å². The highest BCUT2D eigenvalue weighted by Gasteiger charge is 2.22. The zero-order valence-corrected chi connectivity index (χ0v) is 9.61. The van der Waals surface area contributed by atoms with Gasteiger partial charge in [0.25, 0.3) is 0 Å². The number of aromatic hydroxyl groups is 2. The second-order valence-electron chi connectivity index (χ2n) is 2.56. The minimum absolute atomic E-state index is 0.243. The van der Waals surface area contributed by atoms with Gasteiger partial charge in [-0.15, -0.1) is 0 Å². The van der Waals surface area contributed by atoms with Gasteiger partial charge in [0, 0.05) is 6.92 Å². The molecule has 0 saturated carbocycles. The molecule has 4 nitrogen and oxygen atoms in total. The Balaban J connectivity index is 3.45. The van der Waals surface area contributed by atoms with E-state index < -0.39 is 17.5 Å². The summed E-state index contributed by atoms with van der Waals surface area (Å²) in [5.74, 6) is -2.32. The standard InChI is InChI=1S/C8H5Cl3O4/c1-2(12)15-8-4(10)3(9)6(13)7(14)5(8)11/h13-14H,1H3. The van der Waals surface area contributed by atoms with E-state index in [-0.39, 0.29) is 20.8 Å². The Hall–Kier alpha value is -0.840. The number of phenols is 2. The highest BCUT2D eigenvalue weighted by atomic mass is 35.5. The van der Waals surface area contributed by atoms with E-state index in [0.717, 1.165) is 6.92 Å². The number of esters is 1. The molecule has 0 fully saturated rings. The van der Waals surface area contributed by atoms with Gasteiger partial charge in [0.15, 0.2) is 17.2 Å². The van der Waals surface area contributed by atoms with E-state index in [1.807, 2.05) is 0 Å². The molecular weight excluding hydrogens is 266 g/mol.